The van der Waals surface area contributed by atoms with E-state index in [9.17, 15) is 5.11 Å². The van der Waals surface area contributed by atoms with Crippen molar-refractivity contribution in [3.05, 3.63) is 71.3 Å². The number of piperidine rings is 1. The number of hydrogen-bond donors (Lipinski definition) is 2. The van der Waals surface area contributed by atoms with Crippen LogP contribution in [0.5, 0.6) is 5.75 Å². The molecule has 0 amide bonds. The minimum atomic E-state index is 0. The van der Waals surface area contributed by atoms with Crippen molar-refractivity contribution in [2.45, 2.75) is 25.7 Å². The van der Waals surface area contributed by atoms with Gasteiger partial charge < -0.3 is 15.3 Å². The van der Waals surface area contributed by atoms with Crippen molar-refractivity contribution in [2.24, 2.45) is 4.99 Å². The zero-order valence-corrected chi connectivity index (χ0v) is 18.8. The van der Waals surface area contributed by atoms with Gasteiger partial charge in [-0.3, -0.25) is 4.99 Å². The van der Waals surface area contributed by atoms with Crippen LogP contribution in [-0.2, 0) is 6.42 Å². The second kappa shape index (κ2) is 11.7. The molecular weight excluding hydrogens is 461 g/mol. The fourth-order valence-electron chi connectivity index (χ4n) is 3.42. The number of rotatable bonds is 5. The molecular formula is C23H30IN3O. The third-order valence-electron chi connectivity index (χ3n) is 4.95. The first-order chi connectivity index (χ1) is 13.2. The molecule has 28 heavy (non-hydrogen) atoms. The Hall–Kier alpha value is -2.02. The van der Waals surface area contributed by atoms with Crippen molar-refractivity contribution in [1.29, 1.82) is 0 Å². The minimum Gasteiger partial charge on any atom is -0.508 e. The van der Waals surface area contributed by atoms with Gasteiger partial charge in [0, 0.05) is 26.7 Å². The third kappa shape index (κ3) is 6.86. The van der Waals surface area contributed by atoms with Crippen LogP contribution in [0.2, 0.25) is 0 Å². The highest BCUT2D eigenvalue weighted by Crippen LogP contribution is 2.19. The molecule has 150 valence electrons. The monoisotopic (exact) mass is 491 g/mol. The number of likely N-dealkylation sites (tertiary alicyclic amines) is 1. The van der Waals surface area contributed by atoms with Gasteiger partial charge >= 0.3 is 0 Å². The molecule has 1 heterocycles. The quantitative estimate of drug-likeness (QED) is 0.276. The highest BCUT2D eigenvalue weighted by molar-refractivity contribution is 14.0. The number of guanidine groups is 1. The van der Waals surface area contributed by atoms with Gasteiger partial charge in [0.2, 0.25) is 0 Å². The van der Waals surface area contributed by atoms with Gasteiger partial charge in [0.25, 0.3) is 0 Å². The van der Waals surface area contributed by atoms with E-state index in [0.29, 0.717) is 5.75 Å². The van der Waals surface area contributed by atoms with Crippen LogP contribution in [-0.4, -0.2) is 42.6 Å². The zero-order chi connectivity index (χ0) is 18.9. The maximum absolute atomic E-state index is 9.34. The van der Waals surface area contributed by atoms with Crippen LogP contribution in [0, 0.1) is 0 Å². The summed E-state index contributed by atoms with van der Waals surface area (Å²) in [6.07, 6.45) is 6.53. The average Bonchev–Trinajstić information content (AvgIpc) is 2.71. The predicted molar refractivity (Wildman–Crippen MR) is 128 cm³/mol. The summed E-state index contributed by atoms with van der Waals surface area (Å²) in [5.74, 6) is 1.32. The number of aryl methyl sites for hydroxylation is 1. The predicted octanol–water partition coefficient (Wildman–Crippen LogP) is 4.70. The number of phenolic OH excluding ortho intramolecular Hbond substituents is 1. The van der Waals surface area contributed by atoms with Crippen molar-refractivity contribution in [1.82, 2.24) is 10.2 Å². The van der Waals surface area contributed by atoms with Crippen LogP contribution in [0.1, 0.15) is 30.4 Å². The highest BCUT2D eigenvalue weighted by Gasteiger charge is 2.16. The van der Waals surface area contributed by atoms with Gasteiger partial charge in [0.05, 0.1) is 0 Å². The van der Waals surface area contributed by atoms with Crippen molar-refractivity contribution in [2.75, 3.05) is 26.7 Å². The van der Waals surface area contributed by atoms with E-state index in [1.807, 2.05) is 19.2 Å². The van der Waals surface area contributed by atoms with E-state index >= 15 is 0 Å². The maximum atomic E-state index is 9.34. The van der Waals surface area contributed by atoms with Crippen molar-refractivity contribution in [3.63, 3.8) is 0 Å². The first-order valence-electron chi connectivity index (χ1n) is 9.72. The summed E-state index contributed by atoms with van der Waals surface area (Å²) < 4.78 is 0. The smallest absolute Gasteiger partial charge is 0.193 e. The average molecular weight is 491 g/mol. The zero-order valence-electron chi connectivity index (χ0n) is 16.5. The van der Waals surface area contributed by atoms with Gasteiger partial charge in [0.15, 0.2) is 5.96 Å². The molecule has 0 bridgehead atoms. The topological polar surface area (TPSA) is 47.9 Å². The number of halogens is 1. The number of aromatic hydroxyl groups is 1. The summed E-state index contributed by atoms with van der Waals surface area (Å²) in [5.41, 5.74) is 4.05. The number of aliphatic imine (C=N–C) groups is 1. The molecule has 1 fully saturated rings. The van der Waals surface area contributed by atoms with Crippen LogP contribution in [0.15, 0.2) is 65.2 Å². The molecule has 1 aliphatic heterocycles. The Morgan fingerprint density at radius 3 is 2.39 bits per heavy atom. The molecule has 0 aliphatic carbocycles. The summed E-state index contributed by atoms with van der Waals surface area (Å²) in [6, 6.07) is 18.0. The third-order valence-corrected chi connectivity index (χ3v) is 4.95. The Bertz CT molecular complexity index is 762. The number of benzene rings is 2. The van der Waals surface area contributed by atoms with Crippen molar-refractivity contribution >= 4 is 36.0 Å². The normalized spacial score (nSPS) is 14.4. The van der Waals surface area contributed by atoms with E-state index in [0.717, 1.165) is 51.3 Å². The summed E-state index contributed by atoms with van der Waals surface area (Å²) in [7, 11) is 1.86. The minimum absolute atomic E-state index is 0. The molecule has 0 atom stereocenters. The first kappa shape index (κ1) is 22.3. The molecule has 0 saturated carbocycles. The molecule has 2 aromatic carbocycles. The summed E-state index contributed by atoms with van der Waals surface area (Å²) in [6.45, 7) is 2.92. The van der Waals surface area contributed by atoms with Gasteiger partial charge in [-0.1, -0.05) is 54.1 Å². The molecule has 0 spiro atoms. The van der Waals surface area contributed by atoms with E-state index in [1.165, 1.54) is 16.7 Å². The van der Waals surface area contributed by atoms with Gasteiger partial charge in [0.1, 0.15) is 5.75 Å². The molecule has 3 rings (SSSR count). The fraction of sp³-hybridized carbons (Fsp3) is 0.348. The standard InChI is InChI=1S/C23H29N3O.HI/c1-24-23(25-15-5-8-19-9-11-22(27)12-10-19)26-16-13-21(14-17-26)18-20-6-3-2-4-7-20;/h2-4,6-7,9-12,18,27H,5,8,13-17H2,1H3,(H,24,25);1H. The Labute approximate surface area is 185 Å². The van der Waals surface area contributed by atoms with E-state index < -0.39 is 0 Å². The van der Waals surface area contributed by atoms with Crippen molar-refractivity contribution in [3.8, 4) is 5.75 Å². The lowest BCUT2D eigenvalue weighted by Crippen LogP contribution is -2.44. The van der Waals surface area contributed by atoms with E-state index in [2.05, 4.69) is 51.6 Å². The fourth-order valence-corrected chi connectivity index (χ4v) is 3.42. The molecule has 2 aromatic rings. The number of hydrogen-bond acceptors (Lipinski definition) is 2. The lowest BCUT2D eigenvalue weighted by molar-refractivity contribution is 0.375. The lowest BCUT2D eigenvalue weighted by Gasteiger charge is -2.31. The molecule has 0 radical (unpaired) electrons. The van der Waals surface area contributed by atoms with Gasteiger partial charge in [-0.2, -0.15) is 0 Å². The van der Waals surface area contributed by atoms with Crippen LogP contribution in [0.3, 0.4) is 0 Å². The van der Waals surface area contributed by atoms with E-state index in [1.54, 1.807) is 12.1 Å². The van der Waals surface area contributed by atoms with Crippen molar-refractivity contribution < 1.29 is 5.11 Å². The van der Waals surface area contributed by atoms with Crippen LogP contribution >= 0.6 is 24.0 Å². The van der Waals surface area contributed by atoms with Gasteiger partial charge in [-0.25, -0.2) is 0 Å². The second-order valence-corrected chi connectivity index (χ2v) is 6.94. The van der Waals surface area contributed by atoms with E-state index in [-0.39, 0.29) is 24.0 Å². The summed E-state index contributed by atoms with van der Waals surface area (Å²) in [5, 5.41) is 12.8. The maximum Gasteiger partial charge on any atom is 0.193 e. The summed E-state index contributed by atoms with van der Waals surface area (Å²) >= 11 is 0. The molecule has 1 aliphatic rings. The Morgan fingerprint density at radius 1 is 1.07 bits per heavy atom. The van der Waals surface area contributed by atoms with Crippen LogP contribution in [0.4, 0.5) is 0 Å². The molecule has 4 nitrogen and oxygen atoms in total. The lowest BCUT2D eigenvalue weighted by atomic mass is 10.0. The SMILES string of the molecule is CN=C(NCCCc1ccc(O)cc1)N1CCC(=Cc2ccccc2)CC1.I. The van der Waals surface area contributed by atoms with Gasteiger partial charge in [-0.05, 0) is 48.9 Å². The van der Waals surface area contributed by atoms with Crippen LogP contribution < -0.4 is 5.32 Å². The number of nitrogens with one attached hydrogen (secondary N) is 1. The van der Waals surface area contributed by atoms with E-state index in [4.69, 9.17) is 0 Å². The largest absolute Gasteiger partial charge is 0.508 e. The number of phenols is 1. The highest BCUT2D eigenvalue weighted by atomic mass is 127. The molecule has 0 aromatic heterocycles. The van der Waals surface area contributed by atoms with Crippen LogP contribution in [0.25, 0.3) is 6.08 Å². The Morgan fingerprint density at radius 2 is 1.75 bits per heavy atom. The first-order valence-corrected chi connectivity index (χ1v) is 9.72. The van der Waals surface area contributed by atoms with Gasteiger partial charge in [-0.15, -0.1) is 24.0 Å². The second-order valence-electron chi connectivity index (χ2n) is 6.94. The summed E-state index contributed by atoms with van der Waals surface area (Å²) in [4.78, 5) is 6.81. The molecule has 1 saturated heterocycles. The molecule has 0 unspecified atom stereocenters. The Balaban J connectivity index is 0.00000280. The molecule has 5 heteroatoms. The Kier molecular flexibility index (Phi) is 9.34. The number of nitrogens with zero attached hydrogens (tertiary/aromatic N) is 2. The molecule has 2 N–H and O–H groups in total.